The number of nitrogens with one attached hydrogen (secondary N) is 1. The van der Waals surface area contributed by atoms with Gasteiger partial charge in [0.2, 0.25) is 5.91 Å². The largest absolute Gasteiger partial charge is 0.356 e. The molecule has 3 nitrogen and oxygen atoms in total. The molecule has 66 valence electrons. The summed E-state index contributed by atoms with van der Waals surface area (Å²) in [7, 11) is 0. The van der Waals surface area contributed by atoms with Crippen LogP contribution in [0, 0.1) is 0 Å². The molecule has 0 heterocycles. The van der Waals surface area contributed by atoms with Crippen LogP contribution in [0.4, 0.5) is 4.39 Å². The average molecular weight is 162 g/mol. The molecule has 0 aromatic rings. The molecule has 0 fully saturated rings. The van der Waals surface area contributed by atoms with E-state index in [4.69, 9.17) is 5.73 Å². The van der Waals surface area contributed by atoms with Crippen LogP contribution in [0.2, 0.25) is 0 Å². The lowest BCUT2D eigenvalue weighted by Gasteiger charge is -2.05. The van der Waals surface area contributed by atoms with Crippen molar-refractivity contribution in [1.29, 1.82) is 0 Å². The lowest BCUT2D eigenvalue weighted by Crippen LogP contribution is -2.26. The van der Waals surface area contributed by atoms with Crippen molar-refractivity contribution >= 4 is 5.91 Å². The maximum atomic E-state index is 11.8. The fourth-order valence-electron chi connectivity index (χ4n) is 0.706. The fraction of sp³-hybridized carbons (Fsp3) is 0.857. The summed E-state index contributed by atoms with van der Waals surface area (Å²) in [6.45, 7) is 1.55. The van der Waals surface area contributed by atoms with Crippen LogP contribution in [0.3, 0.4) is 0 Å². The van der Waals surface area contributed by atoms with Gasteiger partial charge in [0, 0.05) is 19.5 Å². The summed E-state index contributed by atoms with van der Waals surface area (Å²) in [5.74, 6) is -0.0566. The predicted molar refractivity (Wildman–Crippen MR) is 41.9 cm³/mol. The number of alkyl halides is 1. The van der Waals surface area contributed by atoms with Gasteiger partial charge in [-0.15, -0.1) is 0 Å². The molecule has 0 saturated carbocycles. The first-order chi connectivity index (χ1) is 5.16. The molecule has 1 amide bonds. The van der Waals surface area contributed by atoms with Gasteiger partial charge < -0.3 is 11.1 Å². The second kappa shape index (κ2) is 6.09. The van der Waals surface area contributed by atoms with E-state index in [9.17, 15) is 9.18 Å². The van der Waals surface area contributed by atoms with E-state index in [0.29, 0.717) is 13.0 Å². The maximum absolute atomic E-state index is 11.8. The van der Waals surface area contributed by atoms with Gasteiger partial charge in [0.25, 0.3) is 0 Å². The summed E-state index contributed by atoms with van der Waals surface area (Å²) in [6.07, 6.45) is 1.36. The van der Waals surface area contributed by atoms with Gasteiger partial charge in [-0.05, 0) is 12.8 Å². The Bertz CT molecular complexity index is 119. The van der Waals surface area contributed by atoms with E-state index in [0.717, 1.165) is 6.42 Å². The summed E-state index contributed by atoms with van der Waals surface area (Å²) in [5, 5.41) is 2.61. The summed E-state index contributed by atoms with van der Waals surface area (Å²) in [6, 6.07) is -0.372. The Labute approximate surface area is 66.1 Å². The zero-order valence-electron chi connectivity index (χ0n) is 6.77. The zero-order valence-corrected chi connectivity index (χ0v) is 6.77. The van der Waals surface area contributed by atoms with E-state index < -0.39 is 6.67 Å². The Morgan fingerprint density at radius 2 is 2.36 bits per heavy atom. The van der Waals surface area contributed by atoms with Crippen LogP contribution < -0.4 is 11.1 Å². The maximum Gasteiger partial charge on any atom is 0.216 e. The monoisotopic (exact) mass is 162 g/mol. The van der Waals surface area contributed by atoms with Crippen LogP contribution in [0.25, 0.3) is 0 Å². The van der Waals surface area contributed by atoms with Crippen molar-refractivity contribution in [2.45, 2.75) is 25.8 Å². The summed E-state index contributed by atoms with van der Waals surface area (Å²) < 4.78 is 11.8. The third-order valence-corrected chi connectivity index (χ3v) is 1.32. The Morgan fingerprint density at radius 3 is 2.82 bits per heavy atom. The normalized spacial score (nSPS) is 12.6. The Hall–Kier alpha value is -0.640. The molecule has 4 heteroatoms. The van der Waals surface area contributed by atoms with E-state index in [1.807, 2.05) is 0 Å². The number of hydrogen-bond acceptors (Lipinski definition) is 2. The number of amides is 1. The lowest BCUT2D eigenvalue weighted by molar-refractivity contribution is -0.118. The molecule has 11 heavy (non-hydrogen) atoms. The van der Waals surface area contributed by atoms with E-state index in [-0.39, 0.29) is 11.9 Å². The molecule has 0 aliphatic heterocycles. The zero-order chi connectivity index (χ0) is 8.69. The molecule has 0 aromatic heterocycles. The Kier molecular flexibility index (Phi) is 5.74. The first kappa shape index (κ1) is 10.4. The van der Waals surface area contributed by atoms with Crippen molar-refractivity contribution in [1.82, 2.24) is 5.32 Å². The van der Waals surface area contributed by atoms with Crippen molar-refractivity contribution in [3.8, 4) is 0 Å². The van der Waals surface area contributed by atoms with E-state index >= 15 is 0 Å². The number of rotatable bonds is 5. The molecule has 0 aliphatic rings. The Balaban J connectivity index is 3.08. The van der Waals surface area contributed by atoms with Crippen molar-refractivity contribution < 1.29 is 9.18 Å². The fourth-order valence-corrected chi connectivity index (χ4v) is 0.706. The number of nitrogens with two attached hydrogens (primary N) is 1. The molecule has 0 aromatic carbocycles. The third kappa shape index (κ3) is 7.25. The van der Waals surface area contributed by atoms with Crippen molar-refractivity contribution in [3.63, 3.8) is 0 Å². The highest BCUT2D eigenvalue weighted by Gasteiger charge is 1.99. The molecule has 0 spiro atoms. The summed E-state index contributed by atoms with van der Waals surface area (Å²) >= 11 is 0. The topological polar surface area (TPSA) is 55.1 Å². The van der Waals surface area contributed by atoms with Crippen LogP contribution in [0.5, 0.6) is 0 Å². The van der Waals surface area contributed by atoms with Crippen LogP contribution in [-0.4, -0.2) is 25.2 Å². The van der Waals surface area contributed by atoms with Crippen LogP contribution >= 0.6 is 0 Å². The van der Waals surface area contributed by atoms with Crippen molar-refractivity contribution in [2.24, 2.45) is 5.73 Å². The molecule has 1 atom stereocenters. The molecule has 3 N–H and O–H groups in total. The molecule has 0 rings (SSSR count). The SMILES string of the molecule is CC(=O)NCCCC(N)CF. The van der Waals surface area contributed by atoms with Gasteiger partial charge in [-0.3, -0.25) is 4.79 Å². The smallest absolute Gasteiger partial charge is 0.216 e. The molecule has 1 unspecified atom stereocenters. The minimum absolute atomic E-state index is 0.0566. The molecular formula is C7H15FN2O. The highest BCUT2D eigenvalue weighted by atomic mass is 19.1. The van der Waals surface area contributed by atoms with Gasteiger partial charge in [0.15, 0.2) is 0 Å². The summed E-state index contributed by atoms with van der Waals surface area (Å²) in [5.41, 5.74) is 5.30. The standard InChI is InChI=1S/C7H15FN2O/c1-6(11)10-4-2-3-7(9)5-8/h7H,2-5,9H2,1H3,(H,10,11). The van der Waals surface area contributed by atoms with Gasteiger partial charge in [0.1, 0.15) is 6.67 Å². The first-order valence-corrected chi connectivity index (χ1v) is 3.72. The van der Waals surface area contributed by atoms with Gasteiger partial charge in [-0.2, -0.15) is 0 Å². The minimum atomic E-state index is -0.486. The lowest BCUT2D eigenvalue weighted by atomic mass is 10.2. The highest BCUT2D eigenvalue weighted by Crippen LogP contribution is 1.93. The second-order valence-corrected chi connectivity index (χ2v) is 2.54. The molecule has 0 radical (unpaired) electrons. The van der Waals surface area contributed by atoms with Gasteiger partial charge >= 0.3 is 0 Å². The van der Waals surface area contributed by atoms with Gasteiger partial charge in [0.05, 0.1) is 0 Å². The van der Waals surface area contributed by atoms with Gasteiger partial charge in [-0.1, -0.05) is 0 Å². The van der Waals surface area contributed by atoms with Crippen LogP contribution in [0.15, 0.2) is 0 Å². The number of hydrogen-bond donors (Lipinski definition) is 2. The number of carbonyl (C=O) groups is 1. The van der Waals surface area contributed by atoms with Crippen LogP contribution in [0.1, 0.15) is 19.8 Å². The van der Waals surface area contributed by atoms with Crippen molar-refractivity contribution in [3.05, 3.63) is 0 Å². The first-order valence-electron chi connectivity index (χ1n) is 3.72. The Morgan fingerprint density at radius 1 is 1.73 bits per heavy atom. The quantitative estimate of drug-likeness (QED) is 0.567. The summed E-state index contributed by atoms with van der Waals surface area (Å²) in [4.78, 5) is 10.3. The molecular weight excluding hydrogens is 147 g/mol. The molecule has 0 saturated heterocycles. The van der Waals surface area contributed by atoms with E-state index in [1.54, 1.807) is 0 Å². The molecule has 0 aliphatic carbocycles. The molecule has 0 bridgehead atoms. The predicted octanol–water partition coefficient (Wildman–Crippen LogP) is 0.200. The van der Waals surface area contributed by atoms with E-state index in [2.05, 4.69) is 5.32 Å². The van der Waals surface area contributed by atoms with Gasteiger partial charge in [-0.25, -0.2) is 4.39 Å². The van der Waals surface area contributed by atoms with Crippen LogP contribution in [-0.2, 0) is 4.79 Å². The van der Waals surface area contributed by atoms with Crippen molar-refractivity contribution in [2.75, 3.05) is 13.2 Å². The minimum Gasteiger partial charge on any atom is -0.356 e. The number of carbonyl (C=O) groups excluding carboxylic acids is 1. The average Bonchev–Trinajstić information content (AvgIpc) is 1.97. The number of halogens is 1. The second-order valence-electron chi connectivity index (χ2n) is 2.54. The van der Waals surface area contributed by atoms with E-state index in [1.165, 1.54) is 6.92 Å². The third-order valence-electron chi connectivity index (χ3n) is 1.32. The highest BCUT2D eigenvalue weighted by molar-refractivity contribution is 5.72.